The molecule has 35 heavy (non-hydrogen) atoms. The monoisotopic (exact) mass is 492 g/mol. The number of ether oxygens (including phenoxy) is 1. The minimum atomic E-state index is -3.79. The summed E-state index contributed by atoms with van der Waals surface area (Å²) in [6.07, 6.45) is 1.95. The normalized spacial score (nSPS) is 15.7. The van der Waals surface area contributed by atoms with Gasteiger partial charge in [-0.1, -0.05) is 12.1 Å². The van der Waals surface area contributed by atoms with Gasteiger partial charge in [-0.05, 0) is 59.7 Å². The standard InChI is InChI=1S/C25H24N4O5S/c1-28(35(31,32)17-19-7-5-18(15-26)6-8-19)16-25(30)29-23(24-4-3-13-34-24)14-22(27-29)20-9-11-21(33-2)12-10-20/h3-13,23H,14,16-17H2,1-2H3/t23-/m0/s1. The molecule has 1 aromatic heterocycles. The van der Waals surface area contributed by atoms with Crippen LogP contribution in [0.3, 0.4) is 0 Å². The highest BCUT2D eigenvalue weighted by Crippen LogP contribution is 2.33. The van der Waals surface area contributed by atoms with Crippen molar-refractivity contribution in [1.29, 1.82) is 5.26 Å². The molecule has 0 unspecified atom stereocenters. The van der Waals surface area contributed by atoms with Gasteiger partial charge < -0.3 is 9.15 Å². The first kappa shape index (κ1) is 24.2. The third-order valence-electron chi connectivity index (χ3n) is 5.73. The number of hydrogen-bond donors (Lipinski definition) is 0. The van der Waals surface area contributed by atoms with Crippen LogP contribution in [0.2, 0.25) is 0 Å². The fourth-order valence-corrected chi connectivity index (χ4v) is 4.90. The smallest absolute Gasteiger partial charge is 0.258 e. The van der Waals surface area contributed by atoms with Gasteiger partial charge >= 0.3 is 0 Å². The van der Waals surface area contributed by atoms with Crippen molar-refractivity contribution < 1.29 is 22.4 Å². The highest BCUT2D eigenvalue weighted by atomic mass is 32.2. The maximum Gasteiger partial charge on any atom is 0.258 e. The Balaban J connectivity index is 1.52. The van der Waals surface area contributed by atoms with Gasteiger partial charge in [-0.25, -0.2) is 13.4 Å². The Morgan fingerprint density at radius 3 is 2.51 bits per heavy atom. The molecule has 0 saturated heterocycles. The molecule has 1 atom stereocenters. The maximum atomic E-state index is 13.2. The molecule has 0 saturated carbocycles. The van der Waals surface area contributed by atoms with Crippen LogP contribution < -0.4 is 4.74 Å². The fourth-order valence-electron chi connectivity index (χ4n) is 3.76. The van der Waals surface area contributed by atoms with Crippen LogP contribution in [-0.4, -0.2) is 50.1 Å². The minimum Gasteiger partial charge on any atom is -0.497 e. The number of benzene rings is 2. The average Bonchev–Trinajstić information content (AvgIpc) is 3.54. The summed E-state index contributed by atoms with van der Waals surface area (Å²) < 4.78 is 37.5. The second-order valence-electron chi connectivity index (χ2n) is 8.07. The summed E-state index contributed by atoms with van der Waals surface area (Å²) in [5.41, 5.74) is 2.49. The van der Waals surface area contributed by atoms with Crippen LogP contribution in [0, 0.1) is 11.3 Å². The van der Waals surface area contributed by atoms with E-state index in [1.807, 2.05) is 30.3 Å². The second kappa shape index (κ2) is 10.1. The van der Waals surface area contributed by atoms with E-state index in [1.54, 1.807) is 43.5 Å². The number of likely N-dealkylation sites (N-methyl/N-ethyl adjacent to an activating group) is 1. The molecule has 10 heteroatoms. The molecule has 0 aliphatic carbocycles. The summed E-state index contributed by atoms with van der Waals surface area (Å²) in [6, 6.07) is 18.7. The number of nitrogens with zero attached hydrogens (tertiary/aromatic N) is 4. The number of rotatable bonds is 8. The van der Waals surface area contributed by atoms with Crippen LogP contribution in [0.1, 0.15) is 34.9 Å². The van der Waals surface area contributed by atoms with Crippen LogP contribution in [0.4, 0.5) is 0 Å². The van der Waals surface area contributed by atoms with Crippen molar-refractivity contribution in [1.82, 2.24) is 9.31 Å². The van der Waals surface area contributed by atoms with Crippen molar-refractivity contribution in [3.8, 4) is 11.8 Å². The molecular formula is C25H24N4O5S. The average molecular weight is 493 g/mol. The largest absolute Gasteiger partial charge is 0.497 e. The van der Waals surface area contributed by atoms with Crippen molar-refractivity contribution in [2.24, 2.45) is 5.10 Å². The molecule has 0 bridgehead atoms. The number of amides is 1. The number of furan rings is 1. The van der Waals surface area contributed by atoms with E-state index in [4.69, 9.17) is 14.4 Å². The van der Waals surface area contributed by atoms with Crippen LogP contribution in [0.25, 0.3) is 0 Å². The lowest BCUT2D eigenvalue weighted by atomic mass is 10.0. The van der Waals surface area contributed by atoms with Crippen molar-refractivity contribution in [3.63, 3.8) is 0 Å². The summed E-state index contributed by atoms with van der Waals surface area (Å²) in [5, 5.41) is 14.8. The highest BCUT2D eigenvalue weighted by molar-refractivity contribution is 7.88. The number of hydrazone groups is 1. The molecule has 2 heterocycles. The predicted molar refractivity (Wildman–Crippen MR) is 129 cm³/mol. The Morgan fingerprint density at radius 2 is 1.91 bits per heavy atom. The zero-order valence-electron chi connectivity index (χ0n) is 19.3. The Bertz CT molecular complexity index is 1360. The van der Waals surface area contributed by atoms with Gasteiger partial charge in [-0.2, -0.15) is 14.7 Å². The Hall–Kier alpha value is -3.94. The summed E-state index contributed by atoms with van der Waals surface area (Å²) in [4.78, 5) is 13.2. The van der Waals surface area contributed by atoms with E-state index in [-0.39, 0.29) is 12.3 Å². The summed E-state index contributed by atoms with van der Waals surface area (Å²) in [7, 11) is -0.836. The van der Waals surface area contributed by atoms with Crippen molar-refractivity contribution in [3.05, 3.63) is 89.4 Å². The zero-order valence-corrected chi connectivity index (χ0v) is 20.1. The molecule has 2 aromatic carbocycles. The first-order valence-electron chi connectivity index (χ1n) is 10.8. The SMILES string of the molecule is COc1ccc(C2=NN(C(=O)CN(C)S(=O)(=O)Cc3ccc(C#N)cc3)[C@H](c3ccco3)C2)cc1. The number of methoxy groups -OCH3 is 1. The highest BCUT2D eigenvalue weighted by Gasteiger charge is 2.36. The van der Waals surface area contributed by atoms with Gasteiger partial charge in [0.1, 0.15) is 17.6 Å². The van der Waals surface area contributed by atoms with E-state index >= 15 is 0 Å². The number of carbonyl (C=O) groups is 1. The molecule has 4 rings (SSSR count). The van der Waals surface area contributed by atoms with Gasteiger partial charge in [0.15, 0.2) is 0 Å². The van der Waals surface area contributed by atoms with E-state index in [1.165, 1.54) is 18.3 Å². The predicted octanol–water partition coefficient (Wildman–Crippen LogP) is 3.30. The first-order chi connectivity index (χ1) is 16.8. The lowest BCUT2D eigenvalue weighted by Gasteiger charge is -2.23. The maximum absolute atomic E-state index is 13.2. The minimum absolute atomic E-state index is 0.287. The van der Waals surface area contributed by atoms with E-state index < -0.39 is 22.0 Å². The molecule has 3 aromatic rings. The molecule has 0 radical (unpaired) electrons. The molecule has 180 valence electrons. The molecule has 9 nitrogen and oxygen atoms in total. The van der Waals surface area contributed by atoms with Gasteiger partial charge in [0.2, 0.25) is 10.0 Å². The van der Waals surface area contributed by atoms with Crippen LogP contribution in [0.5, 0.6) is 5.75 Å². The lowest BCUT2D eigenvalue weighted by Crippen LogP contribution is -2.39. The fraction of sp³-hybridized carbons (Fsp3) is 0.240. The van der Waals surface area contributed by atoms with Gasteiger partial charge in [-0.15, -0.1) is 0 Å². The van der Waals surface area contributed by atoms with E-state index in [2.05, 4.69) is 5.10 Å². The topological polar surface area (TPSA) is 116 Å². The molecule has 0 spiro atoms. The van der Waals surface area contributed by atoms with Gasteiger partial charge in [-0.3, -0.25) is 4.79 Å². The van der Waals surface area contributed by atoms with Crippen molar-refractivity contribution in [2.75, 3.05) is 20.7 Å². The Labute approximate surface area is 203 Å². The molecule has 1 aliphatic rings. The molecule has 1 amide bonds. The summed E-state index contributed by atoms with van der Waals surface area (Å²) in [5.74, 6) is 0.510. The molecule has 0 N–H and O–H groups in total. The lowest BCUT2D eigenvalue weighted by molar-refractivity contribution is -0.133. The molecular weight excluding hydrogens is 468 g/mol. The van der Waals surface area contributed by atoms with E-state index in [0.29, 0.717) is 34.8 Å². The second-order valence-corrected chi connectivity index (χ2v) is 10.1. The quantitative estimate of drug-likeness (QED) is 0.476. The van der Waals surface area contributed by atoms with Crippen LogP contribution in [0.15, 0.2) is 76.4 Å². The van der Waals surface area contributed by atoms with E-state index in [9.17, 15) is 13.2 Å². The Morgan fingerprint density at radius 1 is 1.20 bits per heavy atom. The van der Waals surface area contributed by atoms with Crippen LogP contribution >= 0.6 is 0 Å². The third-order valence-corrected chi connectivity index (χ3v) is 7.50. The van der Waals surface area contributed by atoms with E-state index in [0.717, 1.165) is 9.87 Å². The number of carbonyl (C=O) groups excluding carboxylic acids is 1. The van der Waals surface area contributed by atoms with Crippen molar-refractivity contribution >= 4 is 21.6 Å². The first-order valence-corrected chi connectivity index (χ1v) is 12.4. The number of nitriles is 1. The number of sulfonamides is 1. The molecule has 0 fully saturated rings. The Kier molecular flexibility index (Phi) is 7.00. The van der Waals surface area contributed by atoms with Crippen LogP contribution in [-0.2, 0) is 20.6 Å². The number of hydrogen-bond acceptors (Lipinski definition) is 7. The van der Waals surface area contributed by atoms with Gasteiger partial charge in [0.05, 0.1) is 43.0 Å². The van der Waals surface area contributed by atoms with Gasteiger partial charge in [0.25, 0.3) is 5.91 Å². The van der Waals surface area contributed by atoms with Gasteiger partial charge in [0, 0.05) is 13.5 Å². The third kappa shape index (κ3) is 5.42. The summed E-state index contributed by atoms with van der Waals surface area (Å²) >= 11 is 0. The molecule has 1 aliphatic heterocycles. The zero-order chi connectivity index (χ0) is 25.0. The van der Waals surface area contributed by atoms with Crippen molar-refractivity contribution in [2.45, 2.75) is 18.2 Å². The summed E-state index contributed by atoms with van der Waals surface area (Å²) in [6.45, 7) is -0.380.